The van der Waals surface area contributed by atoms with Crippen LogP contribution >= 0.6 is 0 Å². The van der Waals surface area contributed by atoms with E-state index >= 15 is 0 Å². The van der Waals surface area contributed by atoms with E-state index in [1.165, 1.54) is 12.7 Å². The van der Waals surface area contributed by atoms with E-state index in [1.807, 2.05) is 0 Å². The topological polar surface area (TPSA) is 66.6 Å². The molecular formula is C13H27N3O2S. The van der Waals surface area contributed by atoms with Crippen molar-refractivity contribution < 1.29 is 8.42 Å². The highest BCUT2D eigenvalue weighted by molar-refractivity contribution is 7.90. The summed E-state index contributed by atoms with van der Waals surface area (Å²) in [5.41, 5.74) is 5.94. The molecule has 2 aliphatic heterocycles. The third-order valence-electron chi connectivity index (χ3n) is 4.33. The maximum absolute atomic E-state index is 11.1. The smallest absolute Gasteiger partial charge is 0.147 e. The minimum Gasteiger partial charge on any atom is -0.328 e. The van der Waals surface area contributed by atoms with Gasteiger partial charge in [-0.05, 0) is 51.9 Å². The molecule has 0 radical (unpaired) electrons. The molecule has 112 valence electrons. The Morgan fingerprint density at radius 2 is 1.84 bits per heavy atom. The zero-order valence-corrected chi connectivity index (χ0v) is 12.7. The molecule has 2 fully saturated rings. The molecule has 0 amide bonds. The van der Waals surface area contributed by atoms with Crippen molar-refractivity contribution >= 4 is 9.84 Å². The minimum absolute atomic E-state index is 0.312. The van der Waals surface area contributed by atoms with E-state index in [4.69, 9.17) is 5.73 Å². The molecule has 6 heteroatoms. The van der Waals surface area contributed by atoms with Crippen molar-refractivity contribution in [2.45, 2.75) is 37.8 Å². The number of piperidine rings is 1. The van der Waals surface area contributed by atoms with Crippen molar-refractivity contribution in [1.29, 1.82) is 0 Å². The highest BCUT2D eigenvalue weighted by atomic mass is 32.2. The van der Waals surface area contributed by atoms with E-state index in [0.717, 1.165) is 52.0 Å². The molecule has 2 heterocycles. The molecular weight excluding hydrogens is 262 g/mol. The van der Waals surface area contributed by atoms with Crippen LogP contribution in [-0.2, 0) is 9.84 Å². The Morgan fingerprint density at radius 3 is 2.47 bits per heavy atom. The van der Waals surface area contributed by atoms with E-state index in [9.17, 15) is 8.42 Å². The molecule has 0 spiro atoms. The number of nitrogens with two attached hydrogens (primary N) is 1. The van der Waals surface area contributed by atoms with Gasteiger partial charge >= 0.3 is 0 Å². The predicted octanol–water partition coefficient (Wildman–Crippen LogP) is -0.0815. The van der Waals surface area contributed by atoms with Gasteiger partial charge in [0.1, 0.15) is 9.84 Å². The van der Waals surface area contributed by atoms with Gasteiger partial charge in [0.2, 0.25) is 0 Å². The Morgan fingerprint density at radius 1 is 1.16 bits per heavy atom. The molecule has 0 aliphatic carbocycles. The van der Waals surface area contributed by atoms with Crippen LogP contribution in [0.4, 0.5) is 0 Å². The molecule has 1 atom stereocenters. The van der Waals surface area contributed by atoms with Gasteiger partial charge in [0.25, 0.3) is 0 Å². The van der Waals surface area contributed by atoms with Crippen LogP contribution in [0.3, 0.4) is 0 Å². The van der Waals surface area contributed by atoms with Gasteiger partial charge in [-0.1, -0.05) is 0 Å². The predicted molar refractivity (Wildman–Crippen MR) is 78.0 cm³/mol. The molecule has 2 N–H and O–H groups in total. The van der Waals surface area contributed by atoms with Crippen LogP contribution in [0.1, 0.15) is 25.7 Å². The summed E-state index contributed by atoms with van der Waals surface area (Å²) in [5, 5.41) is 0. The molecule has 2 saturated heterocycles. The van der Waals surface area contributed by atoms with Crippen LogP contribution < -0.4 is 5.73 Å². The Balaban J connectivity index is 1.68. The fraction of sp³-hybridized carbons (Fsp3) is 1.00. The molecule has 0 saturated carbocycles. The third-order valence-corrected chi connectivity index (χ3v) is 5.36. The lowest BCUT2D eigenvalue weighted by molar-refractivity contribution is 0.152. The summed E-state index contributed by atoms with van der Waals surface area (Å²) in [4.78, 5) is 4.98. The molecule has 2 aliphatic rings. The Hall–Kier alpha value is -0.170. The van der Waals surface area contributed by atoms with Gasteiger partial charge in [-0.3, -0.25) is 4.90 Å². The summed E-state index contributed by atoms with van der Waals surface area (Å²) >= 11 is 0. The number of rotatable bonds is 5. The van der Waals surface area contributed by atoms with Crippen LogP contribution in [0.2, 0.25) is 0 Å². The van der Waals surface area contributed by atoms with Crippen molar-refractivity contribution in [3.05, 3.63) is 0 Å². The van der Waals surface area contributed by atoms with Gasteiger partial charge in [-0.15, -0.1) is 0 Å². The summed E-state index contributed by atoms with van der Waals surface area (Å²) in [6.07, 6.45) is 5.52. The number of likely N-dealkylation sites (tertiary alicyclic amines) is 2. The SMILES string of the molecule is CS(=O)(=O)CCCN1CCC(N2CCC(N)CC2)C1. The van der Waals surface area contributed by atoms with Crippen LogP contribution in [0, 0.1) is 0 Å². The first-order valence-electron chi connectivity index (χ1n) is 7.34. The number of hydrogen-bond donors (Lipinski definition) is 1. The second-order valence-electron chi connectivity index (χ2n) is 6.10. The number of nitrogens with zero attached hydrogens (tertiary/aromatic N) is 2. The van der Waals surface area contributed by atoms with Crippen molar-refractivity contribution in [3.63, 3.8) is 0 Å². The van der Waals surface area contributed by atoms with Gasteiger partial charge in [0.05, 0.1) is 5.75 Å². The van der Waals surface area contributed by atoms with Crippen LogP contribution in [0.5, 0.6) is 0 Å². The van der Waals surface area contributed by atoms with Gasteiger partial charge < -0.3 is 10.6 Å². The normalized spacial score (nSPS) is 28.0. The summed E-state index contributed by atoms with van der Waals surface area (Å²) < 4.78 is 22.2. The van der Waals surface area contributed by atoms with E-state index < -0.39 is 9.84 Å². The fourth-order valence-electron chi connectivity index (χ4n) is 3.15. The largest absolute Gasteiger partial charge is 0.328 e. The molecule has 0 bridgehead atoms. The van der Waals surface area contributed by atoms with Crippen LogP contribution in [0.15, 0.2) is 0 Å². The molecule has 0 aromatic heterocycles. The Labute approximate surface area is 117 Å². The molecule has 19 heavy (non-hydrogen) atoms. The van der Waals surface area contributed by atoms with Crippen molar-refractivity contribution in [1.82, 2.24) is 9.80 Å². The molecule has 1 unspecified atom stereocenters. The molecule has 0 aromatic carbocycles. The van der Waals surface area contributed by atoms with Crippen molar-refractivity contribution in [3.8, 4) is 0 Å². The second-order valence-corrected chi connectivity index (χ2v) is 8.36. The first kappa shape index (κ1) is 15.2. The monoisotopic (exact) mass is 289 g/mol. The lowest BCUT2D eigenvalue weighted by Crippen LogP contribution is -2.46. The summed E-state index contributed by atoms with van der Waals surface area (Å²) in [7, 11) is -2.81. The summed E-state index contributed by atoms with van der Waals surface area (Å²) in [6, 6.07) is 1.05. The number of hydrogen-bond acceptors (Lipinski definition) is 5. The molecule has 2 rings (SSSR count). The Kier molecular flexibility index (Phi) is 5.22. The highest BCUT2D eigenvalue weighted by Gasteiger charge is 2.29. The maximum Gasteiger partial charge on any atom is 0.147 e. The van der Waals surface area contributed by atoms with Crippen LogP contribution in [0.25, 0.3) is 0 Å². The first-order valence-corrected chi connectivity index (χ1v) is 9.40. The van der Waals surface area contributed by atoms with Crippen molar-refractivity contribution in [2.24, 2.45) is 5.73 Å². The summed E-state index contributed by atoms with van der Waals surface area (Å²) in [5.74, 6) is 0.312. The van der Waals surface area contributed by atoms with E-state index in [-0.39, 0.29) is 0 Å². The average molecular weight is 289 g/mol. The lowest BCUT2D eigenvalue weighted by atomic mass is 10.0. The molecule has 0 aromatic rings. The van der Waals surface area contributed by atoms with E-state index in [0.29, 0.717) is 17.8 Å². The highest BCUT2D eigenvalue weighted by Crippen LogP contribution is 2.20. The van der Waals surface area contributed by atoms with Crippen molar-refractivity contribution in [2.75, 3.05) is 44.7 Å². The van der Waals surface area contributed by atoms with Gasteiger partial charge in [0, 0.05) is 24.9 Å². The maximum atomic E-state index is 11.1. The van der Waals surface area contributed by atoms with Gasteiger partial charge in [-0.25, -0.2) is 8.42 Å². The first-order chi connectivity index (χ1) is 8.94. The zero-order valence-electron chi connectivity index (χ0n) is 11.9. The Bertz CT molecular complexity index is 377. The standard InChI is InChI=1S/C13H27N3O2S/c1-19(17,18)10-2-6-15-7-5-13(11-15)16-8-3-12(14)4-9-16/h12-13H,2-11,14H2,1H3. The zero-order chi connectivity index (χ0) is 13.9. The summed E-state index contributed by atoms with van der Waals surface area (Å²) in [6.45, 7) is 5.37. The molecule has 5 nitrogen and oxygen atoms in total. The quantitative estimate of drug-likeness (QED) is 0.767. The average Bonchev–Trinajstić information content (AvgIpc) is 2.77. The van der Waals surface area contributed by atoms with E-state index in [2.05, 4.69) is 9.80 Å². The van der Waals surface area contributed by atoms with Gasteiger partial charge in [-0.2, -0.15) is 0 Å². The lowest BCUT2D eigenvalue weighted by Gasteiger charge is -2.34. The second kappa shape index (κ2) is 6.52. The number of sulfone groups is 1. The minimum atomic E-state index is -2.81. The van der Waals surface area contributed by atoms with Crippen LogP contribution in [-0.4, -0.2) is 75.0 Å². The third kappa shape index (κ3) is 5.02. The van der Waals surface area contributed by atoms with Gasteiger partial charge in [0.15, 0.2) is 0 Å². The fourth-order valence-corrected chi connectivity index (χ4v) is 3.80. The van der Waals surface area contributed by atoms with E-state index in [1.54, 1.807) is 0 Å².